The quantitative estimate of drug-likeness (QED) is 0.474. The molecule has 0 fully saturated rings. The number of hydrogen-bond acceptors (Lipinski definition) is 7. The summed E-state index contributed by atoms with van der Waals surface area (Å²) in [6.45, 7) is 0.0265. The van der Waals surface area contributed by atoms with Gasteiger partial charge in [-0.05, 0) is 30.3 Å². The van der Waals surface area contributed by atoms with E-state index in [0.717, 1.165) is 11.3 Å². The van der Waals surface area contributed by atoms with Gasteiger partial charge in [-0.3, -0.25) is 5.32 Å². The fourth-order valence-corrected chi connectivity index (χ4v) is 3.11. The zero-order valence-electron chi connectivity index (χ0n) is 16.6. The van der Waals surface area contributed by atoms with Gasteiger partial charge in [0.15, 0.2) is 16.5 Å². The number of amides is 2. The lowest BCUT2D eigenvalue weighted by Crippen LogP contribution is -2.20. The zero-order valence-corrected chi connectivity index (χ0v) is 17.4. The minimum Gasteiger partial charge on any atom is -0.493 e. The first-order chi connectivity index (χ1) is 15.2. The van der Waals surface area contributed by atoms with Gasteiger partial charge < -0.3 is 19.5 Å². The summed E-state index contributed by atoms with van der Waals surface area (Å²) in [7, 11) is 2.99. The van der Waals surface area contributed by atoms with E-state index in [-0.39, 0.29) is 11.7 Å². The number of carbonyl (C=O) groups excluding carboxylic acids is 1. The van der Waals surface area contributed by atoms with Crippen molar-refractivity contribution in [3.8, 4) is 17.2 Å². The second kappa shape index (κ2) is 9.68. The monoisotopic (exact) mass is 472 g/mol. The maximum Gasteiger partial charge on any atom is 0.416 e. The third kappa shape index (κ3) is 5.75. The van der Waals surface area contributed by atoms with E-state index < -0.39 is 29.3 Å². The number of nitrogens with one attached hydrogen (secondary N) is 2. The molecule has 3 rings (SSSR count). The SMILES string of the molecule is COc1ccc(OCc2nnc(NC(=O)Nc3cc(C(F)(F)F)ccc3F)s2)cc1OC. The van der Waals surface area contributed by atoms with E-state index in [9.17, 15) is 22.4 Å². The number of benzene rings is 2. The Morgan fingerprint density at radius 1 is 1.03 bits per heavy atom. The van der Waals surface area contributed by atoms with Gasteiger partial charge in [-0.15, -0.1) is 10.2 Å². The number of carbonyl (C=O) groups is 1. The predicted molar refractivity (Wildman–Crippen MR) is 108 cm³/mol. The molecule has 13 heteroatoms. The number of ether oxygens (including phenoxy) is 3. The third-order valence-corrected chi connectivity index (χ3v) is 4.76. The van der Waals surface area contributed by atoms with Crippen LogP contribution in [0.2, 0.25) is 0 Å². The molecular weight excluding hydrogens is 456 g/mol. The highest BCUT2D eigenvalue weighted by atomic mass is 32.1. The number of anilines is 2. The molecule has 2 aromatic carbocycles. The molecule has 0 bridgehead atoms. The van der Waals surface area contributed by atoms with Gasteiger partial charge in [-0.2, -0.15) is 13.2 Å². The minimum atomic E-state index is -4.68. The Bertz CT molecular complexity index is 1110. The molecule has 0 aliphatic heterocycles. The Morgan fingerprint density at radius 3 is 2.47 bits per heavy atom. The van der Waals surface area contributed by atoms with Crippen LogP contribution in [0.4, 0.5) is 33.2 Å². The number of methoxy groups -OCH3 is 2. The van der Waals surface area contributed by atoms with Crippen molar-refractivity contribution >= 4 is 28.2 Å². The topological polar surface area (TPSA) is 94.6 Å². The van der Waals surface area contributed by atoms with E-state index >= 15 is 0 Å². The normalized spacial score (nSPS) is 11.1. The summed E-state index contributed by atoms with van der Waals surface area (Å²) in [5.74, 6) is 0.466. The van der Waals surface area contributed by atoms with Crippen molar-refractivity contribution in [2.75, 3.05) is 24.9 Å². The lowest BCUT2D eigenvalue weighted by atomic mass is 10.2. The van der Waals surface area contributed by atoms with Gasteiger partial charge in [0.1, 0.15) is 18.2 Å². The van der Waals surface area contributed by atoms with E-state index in [2.05, 4.69) is 15.5 Å². The third-order valence-electron chi connectivity index (χ3n) is 3.95. The summed E-state index contributed by atoms with van der Waals surface area (Å²) in [5, 5.41) is 12.3. The van der Waals surface area contributed by atoms with E-state index in [0.29, 0.717) is 40.5 Å². The summed E-state index contributed by atoms with van der Waals surface area (Å²) >= 11 is 0.971. The molecule has 0 saturated carbocycles. The minimum absolute atomic E-state index is 0.0265. The van der Waals surface area contributed by atoms with Crippen molar-refractivity contribution in [1.29, 1.82) is 0 Å². The maximum atomic E-state index is 13.8. The molecule has 32 heavy (non-hydrogen) atoms. The van der Waals surface area contributed by atoms with Gasteiger partial charge in [0.05, 0.1) is 25.5 Å². The van der Waals surface area contributed by atoms with E-state index in [1.807, 2.05) is 5.32 Å². The number of urea groups is 1. The fourth-order valence-electron chi connectivity index (χ4n) is 2.46. The van der Waals surface area contributed by atoms with Gasteiger partial charge in [0.2, 0.25) is 5.13 Å². The second-order valence-corrected chi connectivity index (χ2v) is 7.14. The van der Waals surface area contributed by atoms with Crippen LogP contribution in [-0.2, 0) is 12.8 Å². The Balaban J connectivity index is 1.59. The van der Waals surface area contributed by atoms with Crippen LogP contribution >= 0.6 is 11.3 Å². The fraction of sp³-hybridized carbons (Fsp3) is 0.211. The van der Waals surface area contributed by atoms with Crippen LogP contribution in [0.1, 0.15) is 10.6 Å². The Morgan fingerprint density at radius 2 is 1.78 bits per heavy atom. The highest BCUT2D eigenvalue weighted by molar-refractivity contribution is 7.15. The van der Waals surface area contributed by atoms with Crippen molar-refractivity contribution in [3.05, 3.63) is 52.8 Å². The van der Waals surface area contributed by atoms with Crippen LogP contribution in [0.5, 0.6) is 17.2 Å². The molecule has 2 amide bonds. The van der Waals surface area contributed by atoms with E-state index in [4.69, 9.17) is 14.2 Å². The first-order valence-electron chi connectivity index (χ1n) is 8.81. The largest absolute Gasteiger partial charge is 0.493 e. The number of halogens is 4. The molecule has 3 aromatic rings. The zero-order chi connectivity index (χ0) is 23.3. The molecule has 0 saturated heterocycles. The van der Waals surface area contributed by atoms with Crippen molar-refractivity contribution < 1.29 is 36.6 Å². The van der Waals surface area contributed by atoms with Gasteiger partial charge in [0, 0.05) is 6.07 Å². The Labute approximate surface area is 183 Å². The highest BCUT2D eigenvalue weighted by Gasteiger charge is 2.31. The molecule has 170 valence electrons. The van der Waals surface area contributed by atoms with Crippen LogP contribution in [0.3, 0.4) is 0 Å². The van der Waals surface area contributed by atoms with Crippen LogP contribution in [0.15, 0.2) is 36.4 Å². The summed E-state index contributed by atoms with van der Waals surface area (Å²) in [5.41, 5.74) is -1.72. The van der Waals surface area contributed by atoms with Gasteiger partial charge >= 0.3 is 12.2 Å². The average Bonchev–Trinajstić information content (AvgIpc) is 3.19. The maximum absolute atomic E-state index is 13.8. The molecular formula is C19H16F4N4O4S. The Hall–Kier alpha value is -3.61. The summed E-state index contributed by atoms with van der Waals surface area (Å²) in [6.07, 6.45) is -4.68. The molecule has 0 aliphatic carbocycles. The molecule has 0 unspecified atom stereocenters. The molecule has 0 spiro atoms. The summed E-state index contributed by atoms with van der Waals surface area (Å²) in [4.78, 5) is 12.0. The van der Waals surface area contributed by atoms with Crippen LogP contribution in [0.25, 0.3) is 0 Å². The predicted octanol–water partition coefficient (Wildman–Crippen LogP) is 4.94. The number of nitrogens with zero attached hydrogens (tertiary/aromatic N) is 2. The average molecular weight is 472 g/mol. The molecule has 1 aromatic heterocycles. The number of aromatic nitrogens is 2. The van der Waals surface area contributed by atoms with Crippen molar-refractivity contribution in [2.45, 2.75) is 12.8 Å². The molecule has 8 nitrogen and oxygen atoms in total. The highest BCUT2D eigenvalue weighted by Crippen LogP contribution is 2.32. The summed E-state index contributed by atoms with van der Waals surface area (Å²) in [6, 6.07) is 5.66. The van der Waals surface area contributed by atoms with E-state index in [1.165, 1.54) is 14.2 Å². The van der Waals surface area contributed by atoms with Crippen LogP contribution < -0.4 is 24.8 Å². The second-order valence-electron chi connectivity index (χ2n) is 6.08. The van der Waals surface area contributed by atoms with Gasteiger partial charge in [-0.25, -0.2) is 9.18 Å². The number of hydrogen-bond donors (Lipinski definition) is 2. The van der Waals surface area contributed by atoms with Crippen molar-refractivity contribution in [2.24, 2.45) is 0 Å². The number of alkyl halides is 3. The first kappa shape index (κ1) is 23.1. The Kier molecular flexibility index (Phi) is 6.98. The van der Waals surface area contributed by atoms with E-state index in [1.54, 1.807) is 18.2 Å². The number of rotatable bonds is 7. The lowest BCUT2D eigenvalue weighted by molar-refractivity contribution is -0.137. The summed E-state index contributed by atoms with van der Waals surface area (Å²) < 4.78 is 68.0. The first-order valence-corrected chi connectivity index (χ1v) is 9.63. The van der Waals surface area contributed by atoms with Gasteiger partial charge in [0.25, 0.3) is 0 Å². The molecule has 0 radical (unpaired) electrons. The van der Waals surface area contributed by atoms with Crippen LogP contribution in [-0.4, -0.2) is 30.4 Å². The van der Waals surface area contributed by atoms with Gasteiger partial charge in [-0.1, -0.05) is 11.3 Å². The van der Waals surface area contributed by atoms with Crippen molar-refractivity contribution in [3.63, 3.8) is 0 Å². The molecule has 1 heterocycles. The lowest BCUT2D eigenvalue weighted by Gasteiger charge is -2.10. The smallest absolute Gasteiger partial charge is 0.416 e. The molecule has 0 atom stereocenters. The molecule has 0 aliphatic rings. The standard InChI is InChI=1S/C19H16F4N4O4S/c1-29-14-6-4-11(8-15(14)30-2)31-9-16-26-27-18(32-16)25-17(28)24-13-7-10(19(21,22)23)3-5-12(13)20/h3-8H,9H2,1-2H3,(H2,24,25,27,28). The molecule has 2 N–H and O–H groups in total. The van der Waals surface area contributed by atoms with Crippen LogP contribution in [0, 0.1) is 5.82 Å². The van der Waals surface area contributed by atoms with Crippen molar-refractivity contribution in [1.82, 2.24) is 10.2 Å².